The summed E-state index contributed by atoms with van der Waals surface area (Å²) in [6.07, 6.45) is 0. The lowest BCUT2D eigenvalue weighted by molar-refractivity contribution is 0.584. The summed E-state index contributed by atoms with van der Waals surface area (Å²) in [6, 6.07) is 10.8. The van der Waals surface area contributed by atoms with E-state index < -0.39 is 0 Å². The topological polar surface area (TPSA) is 29.3 Å². The summed E-state index contributed by atoms with van der Waals surface area (Å²) in [5, 5.41) is 0. The van der Waals surface area contributed by atoms with Crippen molar-refractivity contribution in [3.05, 3.63) is 64.1 Å². The van der Waals surface area contributed by atoms with Crippen LogP contribution < -0.4 is 10.6 Å². The molecule has 0 aliphatic rings. The Morgan fingerprint density at radius 3 is 2.48 bits per heavy atom. The number of nitrogens with two attached hydrogens (primary N) is 1. The highest BCUT2D eigenvalue weighted by Gasteiger charge is 2.22. The summed E-state index contributed by atoms with van der Waals surface area (Å²) in [6.45, 7) is 2.82. The van der Waals surface area contributed by atoms with Crippen LogP contribution in [-0.2, 0) is 0 Å². The molecule has 2 N–H and O–H groups in total. The Morgan fingerprint density at radius 2 is 1.90 bits per heavy atom. The second-order valence-corrected chi connectivity index (χ2v) is 5.51. The first-order valence-electron chi connectivity index (χ1n) is 6.74. The smallest absolute Gasteiger partial charge is 0.146 e. The number of hydrogen-bond acceptors (Lipinski definition) is 2. The Hall–Kier alpha value is -1.46. The summed E-state index contributed by atoms with van der Waals surface area (Å²) >= 11 is 3.36. The summed E-state index contributed by atoms with van der Waals surface area (Å²) in [4.78, 5) is 1.88. The number of hydrogen-bond donors (Lipinski definition) is 1. The molecule has 1 atom stereocenters. The van der Waals surface area contributed by atoms with Gasteiger partial charge in [-0.3, -0.25) is 0 Å². The number of benzene rings is 2. The van der Waals surface area contributed by atoms with E-state index in [-0.39, 0.29) is 17.7 Å². The molecule has 2 aromatic rings. The van der Waals surface area contributed by atoms with Crippen molar-refractivity contribution in [2.45, 2.75) is 13.0 Å². The van der Waals surface area contributed by atoms with Crippen LogP contribution in [0.25, 0.3) is 0 Å². The molecule has 0 spiro atoms. The molecule has 1 unspecified atom stereocenters. The molecular formula is C16H17BrF2N2. The molecule has 0 aliphatic carbocycles. The molecule has 0 aromatic heterocycles. The molecule has 0 bridgehead atoms. The summed E-state index contributed by atoms with van der Waals surface area (Å²) in [5.74, 6) is -0.619. The Bertz CT molecular complexity index is 619. The maximum Gasteiger partial charge on any atom is 0.146 e. The number of anilines is 1. The lowest BCUT2D eigenvalue weighted by Crippen LogP contribution is -2.34. The summed E-state index contributed by atoms with van der Waals surface area (Å²) in [5.41, 5.74) is 7.23. The third-order valence-electron chi connectivity index (χ3n) is 3.42. The molecule has 2 rings (SSSR count). The number of likely N-dealkylation sites (N-methyl/N-ethyl adjacent to an activating group) is 1. The predicted molar refractivity (Wildman–Crippen MR) is 85.3 cm³/mol. The van der Waals surface area contributed by atoms with Crippen LogP contribution in [-0.4, -0.2) is 13.1 Å². The fourth-order valence-electron chi connectivity index (χ4n) is 2.44. The van der Waals surface area contributed by atoms with E-state index in [2.05, 4.69) is 15.9 Å². The van der Waals surface area contributed by atoms with Crippen molar-refractivity contribution in [3.8, 4) is 0 Å². The van der Waals surface area contributed by atoms with Crippen LogP contribution in [0.1, 0.15) is 18.5 Å². The zero-order valence-electron chi connectivity index (χ0n) is 11.7. The zero-order valence-corrected chi connectivity index (χ0v) is 13.3. The van der Waals surface area contributed by atoms with Gasteiger partial charge in [0.15, 0.2) is 0 Å². The van der Waals surface area contributed by atoms with E-state index in [1.165, 1.54) is 18.2 Å². The molecule has 2 nitrogen and oxygen atoms in total. The van der Waals surface area contributed by atoms with E-state index in [1.54, 1.807) is 24.3 Å². The Kier molecular flexibility index (Phi) is 5.31. The summed E-state index contributed by atoms with van der Waals surface area (Å²) < 4.78 is 27.9. The van der Waals surface area contributed by atoms with E-state index in [4.69, 9.17) is 5.73 Å². The molecule has 0 saturated heterocycles. The largest absolute Gasteiger partial charge is 0.361 e. The molecule has 2 aromatic carbocycles. The minimum absolute atomic E-state index is 0.234. The Morgan fingerprint density at radius 1 is 1.19 bits per heavy atom. The minimum atomic E-state index is -0.324. The molecule has 0 amide bonds. The van der Waals surface area contributed by atoms with Crippen molar-refractivity contribution < 1.29 is 8.78 Å². The highest BCUT2D eigenvalue weighted by Crippen LogP contribution is 2.32. The SMILES string of the molecule is CCN(c1ccccc1F)C(CN)c1ccc(F)cc1Br. The van der Waals surface area contributed by atoms with E-state index >= 15 is 0 Å². The fraction of sp³-hybridized carbons (Fsp3) is 0.250. The van der Waals surface area contributed by atoms with Crippen LogP contribution in [0.4, 0.5) is 14.5 Å². The highest BCUT2D eigenvalue weighted by molar-refractivity contribution is 9.10. The lowest BCUT2D eigenvalue weighted by atomic mass is 10.0. The third kappa shape index (κ3) is 3.41. The van der Waals surface area contributed by atoms with Gasteiger partial charge in [0, 0.05) is 17.6 Å². The lowest BCUT2D eigenvalue weighted by Gasteiger charge is -2.33. The first-order valence-corrected chi connectivity index (χ1v) is 7.54. The van der Waals surface area contributed by atoms with Crippen molar-refractivity contribution in [1.29, 1.82) is 0 Å². The maximum absolute atomic E-state index is 14.0. The van der Waals surface area contributed by atoms with Gasteiger partial charge in [0.2, 0.25) is 0 Å². The van der Waals surface area contributed by atoms with Gasteiger partial charge >= 0.3 is 0 Å². The van der Waals surface area contributed by atoms with Crippen molar-refractivity contribution in [1.82, 2.24) is 0 Å². The molecule has 21 heavy (non-hydrogen) atoms. The summed E-state index contributed by atoms with van der Waals surface area (Å²) in [7, 11) is 0. The average Bonchev–Trinajstić information content (AvgIpc) is 2.47. The molecule has 0 saturated carbocycles. The van der Waals surface area contributed by atoms with Crippen molar-refractivity contribution in [2.75, 3.05) is 18.0 Å². The number of rotatable bonds is 5. The van der Waals surface area contributed by atoms with Crippen LogP contribution >= 0.6 is 15.9 Å². The van der Waals surface area contributed by atoms with E-state index in [0.29, 0.717) is 23.2 Å². The maximum atomic E-state index is 14.0. The van der Waals surface area contributed by atoms with Gasteiger partial charge in [0.1, 0.15) is 11.6 Å². The van der Waals surface area contributed by atoms with Crippen molar-refractivity contribution in [3.63, 3.8) is 0 Å². The zero-order chi connectivity index (χ0) is 15.4. The fourth-order valence-corrected chi connectivity index (χ4v) is 3.05. The van der Waals surface area contributed by atoms with Gasteiger partial charge in [0.25, 0.3) is 0 Å². The second kappa shape index (κ2) is 7.00. The second-order valence-electron chi connectivity index (χ2n) is 4.65. The standard InChI is InChI=1S/C16H17BrF2N2/c1-2-21(15-6-4-3-5-14(15)19)16(10-20)12-8-7-11(18)9-13(12)17/h3-9,16H,2,10,20H2,1H3. The average molecular weight is 355 g/mol. The highest BCUT2D eigenvalue weighted by atomic mass is 79.9. The van der Waals surface area contributed by atoms with Gasteiger partial charge in [-0.1, -0.05) is 34.1 Å². The molecule has 0 aliphatic heterocycles. The van der Waals surface area contributed by atoms with E-state index in [9.17, 15) is 8.78 Å². The first kappa shape index (κ1) is 15.9. The van der Waals surface area contributed by atoms with Crippen LogP contribution in [0.3, 0.4) is 0 Å². The van der Waals surface area contributed by atoms with Gasteiger partial charge in [0.05, 0.1) is 11.7 Å². The number of halogens is 3. The van der Waals surface area contributed by atoms with Crippen LogP contribution in [0.2, 0.25) is 0 Å². The first-order chi connectivity index (χ1) is 10.1. The van der Waals surface area contributed by atoms with Crippen molar-refractivity contribution >= 4 is 21.6 Å². The molecule has 5 heteroatoms. The Labute approximate surface area is 131 Å². The van der Waals surface area contributed by atoms with Crippen LogP contribution in [0.15, 0.2) is 46.9 Å². The van der Waals surface area contributed by atoms with Crippen LogP contribution in [0, 0.1) is 11.6 Å². The van der Waals surface area contributed by atoms with Crippen molar-refractivity contribution in [2.24, 2.45) is 5.73 Å². The Balaban J connectivity index is 2.45. The number of nitrogens with zero attached hydrogens (tertiary/aromatic N) is 1. The quantitative estimate of drug-likeness (QED) is 0.869. The van der Waals surface area contributed by atoms with Gasteiger partial charge in [-0.15, -0.1) is 0 Å². The minimum Gasteiger partial charge on any atom is -0.361 e. The van der Waals surface area contributed by atoms with Gasteiger partial charge in [-0.2, -0.15) is 0 Å². The third-order valence-corrected chi connectivity index (χ3v) is 4.11. The van der Waals surface area contributed by atoms with Gasteiger partial charge in [-0.05, 0) is 36.8 Å². The molecule has 0 fully saturated rings. The molecular weight excluding hydrogens is 338 g/mol. The number of para-hydroxylation sites is 1. The van der Waals surface area contributed by atoms with Gasteiger partial charge in [-0.25, -0.2) is 8.78 Å². The van der Waals surface area contributed by atoms with Crippen LogP contribution in [0.5, 0.6) is 0 Å². The van der Waals surface area contributed by atoms with E-state index in [1.807, 2.05) is 11.8 Å². The molecule has 0 heterocycles. The van der Waals surface area contributed by atoms with Gasteiger partial charge < -0.3 is 10.6 Å². The molecule has 112 valence electrons. The van der Waals surface area contributed by atoms with E-state index in [0.717, 1.165) is 5.56 Å². The monoisotopic (exact) mass is 354 g/mol. The molecule has 0 radical (unpaired) electrons. The normalized spacial score (nSPS) is 12.2. The predicted octanol–water partition coefficient (Wildman–Crippen LogP) is 4.25.